The van der Waals surface area contributed by atoms with Crippen molar-refractivity contribution in [1.82, 2.24) is 0 Å². The van der Waals surface area contributed by atoms with Crippen molar-refractivity contribution >= 4 is 28.1 Å². The van der Waals surface area contributed by atoms with E-state index in [1.807, 2.05) is 89.8 Å². The Morgan fingerprint density at radius 1 is 0.564 bits per heavy atom. The van der Waals surface area contributed by atoms with Crippen molar-refractivity contribution in [2.45, 2.75) is 6.61 Å². The standard InChI is InChI=1S/C36H25NO2/c38-36-30-23-29(26-15-7-2-8-16-26)33(27-17-9-3-10-18-27)35-32(39-24-25-13-5-1-6-14-25)22-21-31(34(30)35)37(36)28-19-11-4-12-20-28/h1-23H,24H2. The molecule has 0 aliphatic carbocycles. The summed E-state index contributed by atoms with van der Waals surface area (Å²) in [6, 6.07) is 46.8. The summed E-state index contributed by atoms with van der Waals surface area (Å²) in [5, 5.41) is 1.88. The first kappa shape index (κ1) is 23.0. The van der Waals surface area contributed by atoms with Crippen LogP contribution in [-0.2, 0) is 6.61 Å². The van der Waals surface area contributed by atoms with Gasteiger partial charge in [0, 0.05) is 22.0 Å². The number of hydrogen-bond acceptors (Lipinski definition) is 2. The van der Waals surface area contributed by atoms with Gasteiger partial charge in [-0.1, -0.05) is 109 Å². The minimum atomic E-state index is -0.0294. The van der Waals surface area contributed by atoms with Crippen molar-refractivity contribution < 1.29 is 9.53 Å². The van der Waals surface area contributed by atoms with Crippen LogP contribution >= 0.6 is 0 Å². The third-order valence-electron chi connectivity index (χ3n) is 7.30. The summed E-state index contributed by atoms with van der Waals surface area (Å²) >= 11 is 0. The van der Waals surface area contributed by atoms with E-state index in [1.165, 1.54) is 0 Å². The predicted molar refractivity (Wildman–Crippen MR) is 159 cm³/mol. The summed E-state index contributed by atoms with van der Waals surface area (Å²) in [4.78, 5) is 15.9. The lowest BCUT2D eigenvalue weighted by Gasteiger charge is -2.20. The Hall–Kier alpha value is -5.15. The average molecular weight is 504 g/mol. The summed E-state index contributed by atoms with van der Waals surface area (Å²) in [6.45, 7) is 0.435. The van der Waals surface area contributed by atoms with E-state index < -0.39 is 0 Å². The van der Waals surface area contributed by atoms with E-state index in [-0.39, 0.29) is 5.91 Å². The number of nitrogens with zero attached hydrogens (tertiary/aromatic N) is 1. The first-order valence-electron chi connectivity index (χ1n) is 13.1. The number of rotatable bonds is 6. The van der Waals surface area contributed by atoms with Gasteiger partial charge in [0.1, 0.15) is 12.4 Å². The highest BCUT2D eigenvalue weighted by Gasteiger charge is 2.34. The lowest BCUT2D eigenvalue weighted by molar-refractivity contribution is 0.100. The monoisotopic (exact) mass is 503 g/mol. The van der Waals surface area contributed by atoms with E-state index in [4.69, 9.17) is 4.74 Å². The van der Waals surface area contributed by atoms with Gasteiger partial charge in [0.25, 0.3) is 5.91 Å². The van der Waals surface area contributed by atoms with Crippen LogP contribution in [0.3, 0.4) is 0 Å². The highest BCUT2D eigenvalue weighted by Crippen LogP contribution is 2.51. The van der Waals surface area contributed by atoms with E-state index >= 15 is 0 Å². The minimum absolute atomic E-state index is 0.0294. The highest BCUT2D eigenvalue weighted by atomic mass is 16.5. The molecule has 39 heavy (non-hydrogen) atoms. The summed E-state index contributed by atoms with van der Waals surface area (Å²) in [5.41, 5.74) is 7.71. The lowest BCUT2D eigenvalue weighted by atomic mass is 9.87. The molecule has 0 bridgehead atoms. The smallest absolute Gasteiger partial charge is 0.263 e. The number of carbonyl (C=O) groups excluding carboxylic acids is 1. The first-order valence-corrected chi connectivity index (χ1v) is 13.1. The van der Waals surface area contributed by atoms with Gasteiger partial charge < -0.3 is 4.74 Å². The van der Waals surface area contributed by atoms with Crippen LogP contribution in [0.5, 0.6) is 5.75 Å². The molecule has 0 unspecified atom stereocenters. The Bertz CT molecular complexity index is 1800. The van der Waals surface area contributed by atoms with Gasteiger partial charge in [-0.05, 0) is 52.6 Å². The Morgan fingerprint density at radius 3 is 1.82 bits per heavy atom. The molecule has 6 aromatic carbocycles. The molecule has 0 fully saturated rings. The molecule has 7 rings (SSSR count). The molecule has 1 heterocycles. The van der Waals surface area contributed by atoms with Crippen LogP contribution < -0.4 is 9.64 Å². The molecule has 0 spiro atoms. The number of benzene rings is 6. The Labute approximate surface area is 227 Å². The maximum atomic E-state index is 14.1. The fourth-order valence-corrected chi connectivity index (χ4v) is 5.54. The molecule has 3 heteroatoms. The van der Waals surface area contributed by atoms with Crippen molar-refractivity contribution in [3.63, 3.8) is 0 Å². The summed E-state index contributed by atoms with van der Waals surface area (Å²) in [5.74, 6) is 0.733. The maximum absolute atomic E-state index is 14.1. The van der Waals surface area contributed by atoms with Gasteiger partial charge in [0.2, 0.25) is 0 Å². The molecule has 0 atom stereocenters. The second-order valence-electron chi connectivity index (χ2n) is 9.66. The van der Waals surface area contributed by atoms with E-state index in [0.29, 0.717) is 12.2 Å². The van der Waals surface area contributed by atoms with Crippen LogP contribution in [0.25, 0.3) is 33.0 Å². The molecule has 186 valence electrons. The van der Waals surface area contributed by atoms with Gasteiger partial charge in [-0.15, -0.1) is 0 Å². The Morgan fingerprint density at radius 2 is 1.15 bits per heavy atom. The van der Waals surface area contributed by atoms with Gasteiger partial charge >= 0.3 is 0 Å². The first-order chi connectivity index (χ1) is 19.3. The van der Waals surface area contributed by atoms with Crippen LogP contribution in [0.1, 0.15) is 15.9 Å². The fraction of sp³-hybridized carbons (Fsp3) is 0.0278. The van der Waals surface area contributed by atoms with E-state index in [0.717, 1.165) is 55.7 Å². The second-order valence-corrected chi connectivity index (χ2v) is 9.66. The molecule has 6 aromatic rings. The number of anilines is 2. The quantitative estimate of drug-likeness (QED) is 0.227. The van der Waals surface area contributed by atoms with Crippen LogP contribution in [-0.4, -0.2) is 5.91 Å². The van der Waals surface area contributed by atoms with Crippen molar-refractivity contribution in [1.29, 1.82) is 0 Å². The van der Waals surface area contributed by atoms with Crippen LogP contribution in [0, 0.1) is 0 Å². The van der Waals surface area contributed by atoms with E-state index in [9.17, 15) is 4.79 Å². The lowest BCUT2D eigenvalue weighted by Crippen LogP contribution is -2.20. The van der Waals surface area contributed by atoms with Crippen LogP contribution in [0.15, 0.2) is 140 Å². The number of amides is 1. The van der Waals surface area contributed by atoms with Gasteiger partial charge in [-0.25, -0.2) is 0 Å². The molecule has 0 N–H and O–H groups in total. The van der Waals surface area contributed by atoms with Crippen molar-refractivity contribution in [3.8, 4) is 28.0 Å². The zero-order valence-corrected chi connectivity index (χ0v) is 21.2. The normalized spacial score (nSPS) is 12.2. The van der Waals surface area contributed by atoms with Crippen molar-refractivity contribution in [2.24, 2.45) is 0 Å². The Kier molecular flexibility index (Phi) is 5.68. The van der Waals surface area contributed by atoms with E-state index in [2.05, 4.69) is 54.6 Å². The van der Waals surface area contributed by atoms with Crippen LogP contribution in [0.4, 0.5) is 11.4 Å². The number of carbonyl (C=O) groups is 1. The summed E-state index contributed by atoms with van der Waals surface area (Å²) < 4.78 is 6.54. The average Bonchev–Trinajstić information content (AvgIpc) is 3.30. The van der Waals surface area contributed by atoms with Gasteiger partial charge in [0.15, 0.2) is 0 Å². The Balaban J connectivity index is 1.55. The SMILES string of the molecule is O=C1c2cc(-c3ccccc3)c(-c3ccccc3)c3c(OCc4ccccc4)ccc(c23)N1c1ccccc1. The van der Waals surface area contributed by atoms with Crippen molar-refractivity contribution in [3.05, 3.63) is 151 Å². The molecule has 1 aliphatic heterocycles. The molecular formula is C36H25NO2. The topological polar surface area (TPSA) is 29.5 Å². The van der Waals surface area contributed by atoms with Gasteiger partial charge in [-0.3, -0.25) is 9.69 Å². The molecule has 0 aromatic heterocycles. The number of para-hydroxylation sites is 1. The predicted octanol–water partition coefficient (Wildman–Crippen LogP) is 9.04. The largest absolute Gasteiger partial charge is 0.488 e. The summed E-state index contributed by atoms with van der Waals surface area (Å²) in [6.07, 6.45) is 0. The number of hydrogen-bond donors (Lipinski definition) is 0. The molecule has 1 aliphatic rings. The molecule has 1 amide bonds. The van der Waals surface area contributed by atoms with Crippen LogP contribution in [0.2, 0.25) is 0 Å². The third-order valence-corrected chi connectivity index (χ3v) is 7.30. The molecule has 0 radical (unpaired) electrons. The zero-order valence-electron chi connectivity index (χ0n) is 21.2. The molecule has 0 saturated carbocycles. The third kappa shape index (κ3) is 3.96. The van der Waals surface area contributed by atoms with Crippen molar-refractivity contribution in [2.75, 3.05) is 4.90 Å². The molecule has 0 saturated heterocycles. The van der Waals surface area contributed by atoms with Gasteiger partial charge in [-0.2, -0.15) is 0 Å². The van der Waals surface area contributed by atoms with Gasteiger partial charge in [0.05, 0.1) is 11.3 Å². The number of ether oxygens (including phenoxy) is 1. The zero-order chi connectivity index (χ0) is 26.2. The molecule has 3 nitrogen and oxygen atoms in total. The minimum Gasteiger partial charge on any atom is -0.488 e. The molecular weight excluding hydrogens is 478 g/mol. The second kappa shape index (κ2) is 9.62. The summed E-state index contributed by atoms with van der Waals surface area (Å²) in [7, 11) is 0. The maximum Gasteiger partial charge on any atom is 0.263 e. The fourth-order valence-electron chi connectivity index (χ4n) is 5.54. The highest BCUT2D eigenvalue weighted by molar-refractivity contribution is 6.31. The van der Waals surface area contributed by atoms with E-state index in [1.54, 1.807) is 0 Å².